The minimum absolute atomic E-state index is 0.217. The van der Waals surface area contributed by atoms with Gasteiger partial charge in [0.25, 0.3) is 5.91 Å². The van der Waals surface area contributed by atoms with Crippen molar-refractivity contribution in [2.24, 2.45) is 0 Å². The lowest BCUT2D eigenvalue weighted by molar-refractivity contribution is -0.118. The van der Waals surface area contributed by atoms with Crippen LogP contribution in [0.4, 0.5) is 5.69 Å². The second-order valence-corrected chi connectivity index (χ2v) is 5.09. The number of methoxy groups -OCH3 is 1. The molecule has 2 aromatic carbocycles. The van der Waals surface area contributed by atoms with Crippen LogP contribution < -0.4 is 10.1 Å². The van der Waals surface area contributed by atoms with Crippen molar-refractivity contribution in [2.75, 3.05) is 25.6 Å². The normalized spacial score (nSPS) is 9.92. The van der Waals surface area contributed by atoms with Gasteiger partial charge in [-0.1, -0.05) is 24.3 Å². The second-order valence-electron chi connectivity index (χ2n) is 5.09. The van der Waals surface area contributed by atoms with Gasteiger partial charge in [-0.3, -0.25) is 4.79 Å². The van der Waals surface area contributed by atoms with E-state index in [-0.39, 0.29) is 30.1 Å². The summed E-state index contributed by atoms with van der Waals surface area (Å²) in [6.07, 6.45) is 0. The third kappa shape index (κ3) is 4.83. The number of hydrogen-bond donors (Lipinski definition) is 1. The van der Waals surface area contributed by atoms with Crippen LogP contribution in [-0.2, 0) is 14.3 Å². The van der Waals surface area contributed by atoms with Crippen LogP contribution in [0.15, 0.2) is 48.5 Å². The first-order chi connectivity index (χ1) is 12.6. The average molecular weight is 357 g/mol. The zero-order valence-corrected chi connectivity index (χ0v) is 14.5. The molecule has 1 N–H and O–H groups in total. The monoisotopic (exact) mass is 357 g/mol. The van der Waals surface area contributed by atoms with E-state index in [0.29, 0.717) is 5.69 Å². The van der Waals surface area contributed by atoms with Gasteiger partial charge in [0.2, 0.25) is 0 Å². The molecule has 0 aliphatic rings. The van der Waals surface area contributed by atoms with Crippen LogP contribution in [0.3, 0.4) is 0 Å². The van der Waals surface area contributed by atoms with Gasteiger partial charge in [0, 0.05) is 0 Å². The number of para-hydroxylation sites is 2. The van der Waals surface area contributed by atoms with Gasteiger partial charge >= 0.3 is 11.9 Å². The number of nitrogens with one attached hydrogen (secondary N) is 1. The second kappa shape index (κ2) is 9.22. The molecule has 136 valence electrons. The zero-order valence-electron chi connectivity index (χ0n) is 14.5. The molecule has 0 saturated carbocycles. The van der Waals surface area contributed by atoms with E-state index in [1.165, 1.54) is 13.2 Å². The molecule has 0 aliphatic carbocycles. The van der Waals surface area contributed by atoms with E-state index in [1.54, 1.807) is 49.4 Å². The number of amides is 1. The lowest BCUT2D eigenvalue weighted by Gasteiger charge is -2.12. The van der Waals surface area contributed by atoms with Crippen LogP contribution in [0, 0.1) is 0 Å². The van der Waals surface area contributed by atoms with E-state index in [4.69, 9.17) is 9.47 Å². The molecule has 7 nitrogen and oxygen atoms in total. The Morgan fingerprint density at radius 2 is 1.58 bits per heavy atom. The molecule has 2 rings (SSSR count). The van der Waals surface area contributed by atoms with E-state index in [9.17, 15) is 14.4 Å². The van der Waals surface area contributed by atoms with Crippen LogP contribution in [-0.4, -0.2) is 38.2 Å². The highest BCUT2D eigenvalue weighted by atomic mass is 16.5. The van der Waals surface area contributed by atoms with Crippen molar-refractivity contribution >= 4 is 23.5 Å². The summed E-state index contributed by atoms with van der Waals surface area (Å²) in [4.78, 5) is 35.8. The summed E-state index contributed by atoms with van der Waals surface area (Å²) in [5.41, 5.74) is 0.785. The van der Waals surface area contributed by atoms with Gasteiger partial charge in [-0.05, 0) is 31.2 Å². The Hall–Kier alpha value is -3.35. The summed E-state index contributed by atoms with van der Waals surface area (Å²) >= 11 is 0. The Morgan fingerprint density at radius 1 is 0.923 bits per heavy atom. The third-order valence-corrected chi connectivity index (χ3v) is 3.35. The van der Waals surface area contributed by atoms with Crippen molar-refractivity contribution < 1.29 is 28.6 Å². The van der Waals surface area contributed by atoms with Crippen molar-refractivity contribution in [3.63, 3.8) is 0 Å². The molecule has 0 aromatic heterocycles. The highest BCUT2D eigenvalue weighted by molar-refractivity contribution is 6.01. The highest BCUT2D eigenvalue weighted by Crippen LogP contribution is 2.19. The Kier molecular flexibility index (Phi) is 6.73. The first-order valence-corrected chi connectivity index (χ1v) is 7.93. The van der Waals surface area contributed by atoms with Crippen molar-refractivity contribution in [1.29, 1.82) is 0 Å². The van der Waals surface area contributed by atoms with Crippen LogP contribution in [0.1, 0.15) is 27.6 Å². The fraction of sp³-hybridized carbons (Fsp3) is 0.211. The van der Waals surface area contributed by atoms with Crippen LogP contribution in [0.25, 0.3) is 0 Å². The van der Waals surface area contributed by atoms with Crippen molar-refractivity contribution in [3.8, 4) is 5.75 Å². The summed E-state index contributed by atoms with van der Waals surface area (Å²) in [6, 6.07) is 12.9. The molecule has 0 saturated heterocycles. The van der Waals surface area contributed by atoms with Gasteiger partial charge in [-0.15, -0.1) is 0 Å². The standard InChI is InChI=1S/C19H19NO6/c1-3-25-19(23)13-8-4-6-10-15(13)20-17(21)12-26-16-11-7-5-9-14(16)18(22)24-2/h4-11H,3,12H2,1-2H3,(H,20,21). The minimum atomic E-state index is -0.561. The van der Waals surface area contributed by atoms with E-state index in [2.05, 4.69) is 10.1 Å². The number of rotatable bonds is 7. The van der Waals surface area contributed by atoms with Gasteiger partial charge in [0.1, 0.15) is 11.3 Å². The molecular weight excluding hydrogens is 338 g/mol. The molecule has 2 aromatic rings. The number of anilines is 1. The molecule has 0 unspecified atom stereocenters. The van der Waals surface area contributed by atoms with Crippen molar-refractivity contribution in [2.45, 2.75) is 6.92 Å². The Balaban J connectivity index is 2.05. The van der Waals surface area contributed by atoms with E-state index >= 15 is 0 Å². The summed E-state index contributed by atoms with van der Waals surface area (Å²) in [7, 11) is 1.26. The Morgan fingerprint density at radius 3 is 2.27 bits per heavy atom. The zero-order chi connectivity index (χ0) is 18.9. The molecule has 0 fully saturated rings. The summed E-state index contributed by atoms with van der Waals surface area (Å²) < 4.78 is 15.0. The molecule has 1 amide bonds. The lowest BCUT2D eigenvalue weighted by Crippen LogP contribution is -2.22. The van der Waals surface area contributed by atoms with Gasteiger partial charge in [-0.2, -0.15) is 0 Å². The van der Waals surface area contributed by atoms with Gasteiger partial charge in [-0.25, -0.2) is 9.59 Å². The summed E-state index contributed by atoms with van der Waals surface area (Å²) in [5.74, 6) is -1.34. The van der Waals surface area contributed by atoms with E-state index < -0.39 is 17.8 Å². The van der Waals surface area contributed by atoms with E-state index in [0.717, 1.165) is 0 Å². The van der Waals surface area contributed by atoms with Crippen molar-refractivity contribution in [1.82, 2.24) is 0 Å². The van der Waals surface area contributed by atoms with Gasteiger partial charge in [0.15, 0.2) is 6.61 Å². The maximum Gasteiger partial charge on any atom is 0.341 e. The average Bonchev–Trinajstić information content (AvgIpc) is 2.66. The van der Waals surface area contributed by atoms with Crippen LogP contribution in [0.2, 0.25) is 0 Å². The smallest absolute Gasteiger partial charge is 0.341 e. The van der Waals surface area contributed by atoms with Gasteiger partial charge < -0.3 is 19.5 Å². The molecule has 0 bridgehead atoms. The van der Waals surface area contributed by atoms with Crippen LogP contribution >= 0.6 is 0 Å². The lowest BCUT2D eigenvalue weighted by atomic mass is 10.2. The maximum atomic E-state index is 12.2. The number of carbonyl (C=O) groups is 3. The summed E-state index contributed by atoms with van der Waals surface area (Å²) in [5, 5.41) is 2.60. The third-order valence-electron chi connectivity index (χ3n) is 3.35. The number of benzene rings is 2. The number of carbonyl (C=O) groups excluding carboxylic acids is 3. The van der Waals surface area contributed by atoms with Gasteiger partial charge in [0.05, 0.1) is 25.0 Å². The van der Waals surface area contributed by atoms with Crippen molar-refractivity contribution in [3.05, 3.63) is 59.7 Å². The Bertz CT molecular complexity index is 802. The fourth-order valence-electron chi connectivity index (χ4n) is 2.18. The highest BCUT2D eigenvalue weighted by Gasteiger charge is 2.16. The molecule has 26 heavy (non-hydrogen) atoms. The molecule has 0 radical (unpaired) electrons. The SMILES string of the molecule is CCOC(=O)c1ccccc1NC(=O)COc1ccccc1C(=O)OC. The van der Waals surface area contributed by atoms with E-state index in [1.807, 2.05) is 0 Å². The first-order valence-electron chi connectivity index (χ1n) is 7.93. The minimum Gasteiger partial charge on any atom is -0.483 e. The fourth-order valence-corrected chi connectivity index (χ4v) is 2.18. The molecule has 0 heterocycles. The molecule has 7 heteroatoms. The number of ether oxygens (including phenoxy) is 3. The summed E-state index contributed by atoms with van der Waals surface area (Å²) in [6.45, 7) is 1.59. The Labute approximate surface area is 150 Å². The number of esters is 2. The molecular formula is C19H19NO6. The topological polar surface area (TPSA) is 90.9 Å². The number of hydrogen-bond acceptors (Lipinski definition) is 6. The quantitative estimate of drug-likeness (QED) is 0.766. The largest absolute Gasteiger partial charge is 0.483 e. The first kappa shape index (κ1) is 19.0. The van der Waals surface area contributed by atoms with Crippen LogP contribution in [0.5, 0.6) is 5.75 Å². The maximum absolute atomic E-state index is 12.2. The predicted octanol–water partition coefficient (Wildman–Crippen LogP) is 2.67. The molecule has 0 spiro atoms. The predicted molar refractivity (Wildman–Crippen MR) is 94.3 cm³/mol. The molecule has 0 atom stereocenters. The molecule has 0 aliphatic heterocycles.